The molecule has 0 radical (unpaired) electrons. The summed E-state index contributed by atoms with van der Waals surface area (Å²) in [5.74, 6) is 3.14. The van der Waals surface area contributed by atoms with Gasteiger partial charge >= 0.3 is 0 Å². The van der Waals surface area contributed by atoms with Crippen LogP contribution in [0.3, 0.4) is 0 Å². The van der Waals surface area contributed by atoms with Gasteiger partial charge in [0.25, 0.3) is 0 Å². The third-order valence-corrected chi connectivity index (χ3v) is 6.04. The summed E-state index contributed by atoms with van der Waals surface area (Å²) in [7, 11) is 4.73. The molecule has 1 aromatic heterocycles. The smallest absolute Gasteiger partial charge is 0.234 e. The van der Waals surface area contributed by atoms with E-state index in [0.717, 1.165) is 17.2 Å². The second-order valence-electron chi connectivity index (χ2n) is 7.47. The summed E-state index contributed by atoms with van der Waals surface area (Å²) >= 11 is 1.27. The third-order valence-electron chi connectivity index (χ3n) is 5.11. The standard InChI is InChI=1S/C26H26N4O5S/c1-32-20-11-9-19(10-12-20)30-24(16-35-21-7-5-4-6-8-21)28-29-26(30)36-17-25(31)27-18-13-22(33-2)15-23(14-18)34-3/h4-15H,16-17H2,1-3H3,(H,27,31). The Kier molecular flexibility index (Phi) is 8.30. The fourth-order valence-corrected chi connectivity index (χ4v) is 4.12. The lowest BCUT2D eigenvalue weighted by Gasteiger charge is -2.12. The predicted molar refractivity (Wildman–Crippen MR) is 138 cm³/mol. The van der Waals surface area contributed by atoms with E-state index in [-0.39, 0.29) is 18.3 Å². The molecular formula is C26H26N4O5S. The van der Waals surface area contributed by atoms with Gasteiger partial charge in [0.1, 0.15) is 29.6 Å². The molecule has 0 unspecified atom stereocenters. The fraction of sp³-hybridized carbons (Fsp3) is 0.192. The second kappa shape index (κ2) is 12.0. The van der Waals surface area contributed by atoms with Crippen molar-refractivity contribution < 1.29 is 23.7 Å². The average Bonchev–Trinajstić information content (AvgIpc) is 3.33. The molecule has 0 fully saturated rings. The van der Waals surface area contributed by atoms with Crippen LogP contribution >= 0.6 is 11.8 Å². The third kappa shape index (κ3) is 6.28. The summed E-state index contributed by atoms with van der Waals surface area (Å²) in [6, 6.07) is 22.2. The minimum atomic E-state index is -0.207. The molecule has 0 saturated heterocycles. The highest BCUT2D eigenvalue weighted by Crippen LogP contribution is 2.27. The number of hydrogen-bond donors (Lipinski definition) is 1. The van der Waals surface area contributed by atoms with Crippen LogP contribution in [-0.2, 0) is 11.4 Å². The number of para-hydroxylation sites is 1. The lowest BCUT2D eigenvalue weighted by Crippen LogP contribution is -2.15. The molecule has 36 heavy (non-hydrogen) atoms. The van der Waals surface area contributed by atoms with Crippen LogP contribution < -0.4 is 24.3 Å². The highest BCUT2D eigenvalue weighted by atomic mass is 32.2. The van der Waals surface area contributed by atoms with Crippen molar-refractivity contribution in [2.24, 2.45) is 0 Å². The number of methoxy groups -OCH3 is 3. The Morgan fingerprint density at radius 3 is 2.14 bits per heavy atom. The maximum atomic E-state index is 12.7. The van der Waals surface area contributed by atoms with Crippen LogP contribution in [-0.4, -0.2) is 47.8 Å². The number of thioether (sulfide) groups is 1. The molecule has 0 spiro atoms. The first kappa shape index (κ1) is 24.9. The summed E-state index contributed by atoms with van der Waals surface area (Å²) in [5, 5.41) is 12.1. The van der Waals surface area contributed by atoms with Crippen molar-refractivity contribution >= 4 is 23.4 Å². The van der Waals surface area contributed by atoms with Crippen LogP contribution in [0.4, 0.5) is 5.69 Å². The van der Waals surface area contributed by atoms with Crippen molar-refractivity contribution in [2.75, 3.05) is 32.4 Å². The van der Waals surface area contributed by atoms with Crippen LogP contribution in [0, 0.1) is 0 Å². The molecule has 0 aliphatic carbocycles. The normalized spacial score (nSPS) is 10.5. The van der Waals surface area contributed by atoms with Gasteiger partial charge in [-0.2, -0.15) is 0 Å². The van der Waals surface area contributed by atoms with E-state index in [9.17, 15) is 4.79 Å². The summed E-state index contributed by atoms with van der Waals surface area (Å²) in [6.45, 7) is 0.208. The van der Waals surface area contributed by atoms with Crippen LogP contribution in [0.25, 0.3) is 5.69 Å². The zero-order chi connectivity index (χ0) is 25.3. The number of nitrogens with one attached hydrogen (secondary N) is 1. The first-order valence-electron chi connectivity index (χ1n) is 11.0. The summed E-state index contributed by atoms with van der Waals surface area (Å²) in [5.41, 5.74) is 1.40. The highest BCUT2D eigenvalue weighted by Gasteiger charge is 2.17. The summed E-state index contributed by atoms with van der Waals surface area (Å²) in [6.07, 6.45) is 0. The molecule has 3 aromatic carbocycles. The molecule has 1 N–H and O–H groups in total. The van der Waals surface area contributed by atoms with Crippen molar-refractivity contribution in [1.82, 2.24) is 14.8 Å². The molecule has 0 bridgehead atoms. The lowest BCUT2D eigenvalue weighted by atomic mass is 10.2. The van der Waals surface area contributed by atoms with E-state index in [1.165, 1.54) is 11.8 Å². The van der Waals surface area contributed by atoms with Gasteiger partial charge in [-0.05, 0) is 36.4 Å². The SMILES string of the molecule is COc1ccc(-n2c(COc3ccccc3)nnc2SCC(=O)Nc2cc(OC)cc(OC)c2)cc1. The summed E-state index contributed by atoms with van der Waals surface area (Å²) < 4.78 is 23.6. The number of carbonyl (C=O) groups excluding carboxylic acids is 1. The van der Waals surface area contributed by atoms with Gasteiger partial charge in [0.05, 0.1) is 27.1 Å². The monoisotopic (exact) mass is 506 g/mol. The Morgan fingerprint density at radius 2 is 1.50 bits per heavy atom. The first-order chi connectivity index (χ1) is 17.6. The van der Waals surface area contributed by atoms with Crippen molar-refractivity contribution in [2.45, 2.75) is 11.8 Å². The topological polar surface area (TPSA) is 96.7 Å². The molecule has 0 aliphatic rings. The van der Waals surface area contributed by atoms with Gasteiger partial charge in [0.2, 0.25) is 5.91 Å². The van der Waals surface area contributed by atoms with E-state index in [4.69, 9.17) is 18.9 Å². The first-order valence-corrected chi connectivity index (χ1v) is 12.0. The number of benzene rings is 3. The van der Waals surface area contributed by atoms with Gasteiger partial charge in [-0.3, -0.25) is 9.36 Å². The molecule has 10 heteroatoms. The number of ether oxygens (including phenoxy) is 4. The van der Waals surface area contributed by atoms with E-state index < -0.39 is 0 Å². The van der Waals surface area contributed by atoms with Crippen LogP contribution in [0.2, 0.25) is 0 Å². The Hall–Kier alpha value is -4.18. The van der Waals surface area contributed by atoms with Crippen molar-refractivity contribution in [3.63, 3.8) is 0 Å². The van der Waals surface area contributed by atoms with Crippen molar-refractivity contribution in [1.29, 1.82) is 0 Å². The number of aromatic nitrogens is 3. The number of anilines is 1. The Morgan fingerprint density at radius 1 is 0.833 bits per heavy atom. The largest absolute Gasteiger partial charge is 0.497 e. The Labute approximate surface area is 213 Å². The molecule has 0 aliphatic heterocycles. The van der Waals surface area contributed by atoms with Crippen molar-refractivity contribution in [3.05, 3.63) is 78.6 Å². The zero-order valence-electron chi connectivity index (χ0n) is 20.1. The quantitative estimate of drug-likeness (QED) is 0.295. The number of hydrogen-bond acceptors (Lipinski definition) is 8. The molecule has 4 aromatic rings. The van der Waals surface area contributed by atoms with Crippen LogP contribution in [0.1, 0.15) is 5.82 Å². The Balaban J connectivity index is 1.51. The molecule has 186 valence electrons. The lowest BCUT2D eigenvalue weighted by molar-refractivity contribution is -0.113. The van der Waals surface area contributed by atoms with Crippen LogP contribution in [0.5, 0.6) is 23.0 Å². The average molecular weight is 507 g/mol. The second-order valence-corrected chi connectivity index (χ2v) is 8.41. The molecule has 4 rings (SSSR count). The fourth-order valence-electron chi connectivity index (χ4n) is 3.35. The predicted octanol–water partition coefficient (Wildman–Crippen LogP) is 4.60. The molecule has 9 nitrogen and oxygen atoms in total. The highest BCUT2D eigenvalue weighted by molar-refractivity contribution is 7.99. The van der Waals surface area contributed by atoms with Gasteiger partial charge in [0, 0.05) is 29.6 Å². The summed E-state index contributed by atoms with van der Waals surface area (Å²) in [4.78, 5) is 12.7. The zero-order valence-corrected chi connectivity index (χ0v) is 21.0. The number of amides is 1. The van der Waals surface area contributed by atoms with Gasteiger partial charge in [-0.15, -0.1) is 10.2 Å². The van der Waals surface area contributed by atoms with Gasteiger partial charge in [0.15, 0.2) is 11.0 Å². The minimum Gasteiger partial charge on any atom is -0.497 e. The van der Waals surface area contributed by atoms with Gasteiger partial charge < -0.3 is 24.3 Å². The number of nitrogens with zero attached hydrogens (tertiary/aromatic N) is 3. The van der Waals surface area contributed by atoms with E-state index in [0.29, 0.717) is 28.2 Å². The van der Waals surface area contributed by atoms with Gasteiger partial charge in [-0.1, -0.05) is 30.0 Å². The molecule has 0 atom stereocenters. The van der Waals surface area contributed by atoms with E-state index in [2.05, 4.69) is 15.5 Å². The maximum Gasteiger partial charge on any atom is 0.234 e. The maximum absolute atomic E-state index is 12.7. The molecule has 0 saturated carbocycles. The molecule has 1 heterocycles. The van der Waals surface area contributed by atoms with Crippen molar-refractivity contribution in [3.8, 4) is 28.7 Å². The van der Waals surface area contributed by atoms with Crippen LogP contribution in [0.15, 0.2) is 78.0 Å². The van der Waals surface area contributed by atoms with Gasteiger partial charge in [-0.25, -0.2) is 0 Å². The van der Waals surface area contributed by atoms with E-state index >= 15 is 0 Å². The Bertz CT molecular complexity index is 1270. The minimum absolute atomic E-state index is 0.118. The van der Waals surface area contributed by atoms with E-state index in [1.54, 1.807) is 39.5 Å². The molecular weight excluding hydrogens is 480 g/mol. The number of rotatable bonds is 11. The van der Waals surface area contributed by atoms with E-state index in [1.807, 2.05) is 59.2 Å². The molecule has 1 amide bonds. The number of carbonyl (C=O) groups is 1.